The van der Waals surface area contributed by atoms with Crippen LogP contribution in [0, 0.1) is 5.92 Å². The molecule has 0 amide bonds. The minimum atomic E-state index is -0.166. The quantitative estimate of drug-likeness (QED) is 0.451. The normalized spacial score (nSPS) is 12.2. The van der Waals surface area contributed by atoms with Crippen LogP contribution in [-0.2, 0) is 14.3 Å². The molecule has 13 heavy (non-hydrogen) atoms. The number of esters is 1. The highest BCUT2D eigenvalue weighted by molar-refractivity contribution is 5.68. The van der Waals surface area contributed by atoms with Gasteiger partial charge in [-0.2, -0.15) is 0 Å². The SMILES string of the molecule is CCC(=O)OCCC(CC)CC=O. The molecule has 0 bridgehead atoms. The molecule has 0 fully saturated rings. The van der Waals surface area contributed by atoms with Crippen LogP contribution < -0.4 is 0 Å². The first kappa shape index (κ1) is 12.1. The summed E-state index contributed by atoms with van der Waals surface area (Å²) in [5, 5.41) is 0. The highest BCUT2D eigenvalue weighted by Crippen LogP contribution is 2.11. The van der Waals surface area contributed by atoms with Gasteiger partial charge in [-0.3, -0.25) is 4.79 Å². The zero-order valence-electron chi connectivity index (χ0n) is 8.41. The van der Waals surface area contributed by atoms with Gasteiger partial charge in [-0.15, -0.1) is 0 Å². The van der Waals surface area contributed by atoms with E-state index in [1.54, 1.807) is 6.92 Å². The van der Waals surface area contributed by atoms with Gasteiger partial charge in [0.2, 0.25) is 0 Å². The lowest BCUT2D eigenvalue weighted by atomic mass is 10.00. The van der Waals surface area contributed by atoms with E-state index in [9.17, 15) is 9.59 Å². The second-order valence-corrected chi connectivity index (χ2v) is 3.04. The van der Waals surface area contributed by atoms with Gasteiger partial charge in [0.1, 0.15) is 6.29 Å². The maximum Gasteiger partial charge on any atom is 0.305 e. The fraction of sp³-hybridized carbons (Fsp3) is 0.800. The second kappa shape index (κ2) is 7.77. The Labute approximate surface area is 79.5 Å². The monoisotopic (exact) mass is 186 g/mol. The van der Waals surface area contributed by atoms with E-state index < -0.39 is 0 Å². The molecule has 0 N–H and O–H groups in total. The molecule has 0 aliphatic heterocycles. The molecule has 0 aliphatic rings. The lowest BCUT2D eigenvalue weighted by molar-refractivity contribution is -0.143. The fourth-order valence-electron chi connectivity index (χ4n) is 1.07. The van der Waals surface area contributed by atoms with E-state index in [2.05, 4.69) is 0 Å². The molecule has 0 aliphatic carbocycles. The molecule has 0 saturated heterocycles. The van der Waals surface area contributed by atoms with Crippen molar-refractivity contribution < 1.29 is 14.3 Å². The van der Waals surface area contributed by atoms with Gasteiger partial charge in [0.05, 0.1) is 6.61 Å². The Morgan fingerprint density at radius 1 is 1.46 bits per heavy atom. The van der Waals surface area contributed by atoms with Gasteiger partial charge in [-0.05, 0) is 12.3 Å². The van der Waals surface area contributed by atoms with Gasteiger partial charge in [-0.1, -0.05) is 20.3 Å². The summed E-state index contributed by atoms with van der Waals surface area (Å²) in [5.41, 5.74) is 0. The van der Waals surface area contributed by atoms with Crippen LogP contribution in [-0.4, -0.2) is 18.9 Å². The van der Waals surface area contributed by atoms with E-state index in [-0.39, 0.29) is 5.97 Å². The molecule has 3 heteroatoms. The van der Waals surface area contributed by atoms with Crippen LogP contribution in [0.5, 0.6) is 0 Å². The maximum atomic E-state index is 10.7. The average Bonchev–Trinajstić information content (AvgIpc) is 2.16. The van der Waals surface area contributed by atoms with E-state index in [0.29, 0.717) is 25.4 Å². The van der Waals surface area contributed by atoms with Gasteiger partial charge >= 0.3 is 5.97 Å². The Morgan fingerprint density at radius 3 is 2.62 bits per heavy atom. The van der Waals surface area contributed by atoms with Gasteiger partial charge in [0, 0.05) is 12.8 Å². The van der Waals surface area contributed by atoms with Gasteiger partial charge in [-0.25, -0.2) is 0 Å². The van der Waals surface area contributed by atoms with Gasteiger partial charge < -0.3 is 9.53 Å². The summed E-state index contributed by atoms with van der Waals surface area (Å²) < 4.78 is 4.91. The zero-order valence-corrected chi connectivity index (χ0v) is 8.41. The molecule has 0 spiro atoms. The summed E-state index contributed by atoms with van der Waals surface area (Å²) in [7, 11) is 0. The molecule has 0 aromatic heterocycles. The number of rotatable bonds is 7. The molecule has 0 saturated carbocycles. The Morgan fingerprint density at radius 2 is 2.15 bits per heavy atom. The van der Waals surface area contributed by atoms with E-state index in [0.717, 1.165) is 19.1 Å². The molecule has 1 atom stereocenters. The predicted octanol–water partition coefficient (Wildman–Crippen LogP) is 1.94. The third kappa shape index (κ3) is 6.31. The molecule has 1 unspecified atom stereocenters. The summed E-state index contributed by atoms with van der Waals surface area (Å²) in [6.45, 7) is 4.25. The highest BCUT2D eigenvalue weighted by atomic mass is 16.5. The van der Waals surface area contributed by atoms with Crippen molar-refractivity contribution in [3.8, 4) is 0 Å². The third-order valence-electron chi connectivity index (χ3n) is 2.08. The van der Waals surface area contributed by atoms with Crippen LogP contribution in [0.15, 0.2) is 0 Å². The van der Waals surface area contributed by atoms with Crippen molar-refractivity contribution in [3.05, 3.63) is 0 Å². The van der Waals surface area contributed by atoms with Crippen LogP contribution in [0.3, 0.4) is 0 Å². The first-order chi connectivity index (χ1) is 6.24. The van der Waals surface area contributed by atoms with Crippen molar-refractivity contribution in [1.82, 2.24) is 0 Å². The van der Waals surface area contributed by atoms with Crippen molar-refractivity contribution in [2.24, 2.45) is 5.92 Å². The Balaban J connectivity index is 3.48. The van der Waals surface area contributed by atoms with Crippen molar-refractivity contribution in [3.63, 3.8) is 0 Å². The standard InChI is InChI=1S/C10H18O3/c1-3-9(5-7-11)6-8-13-10(12)4-2/h7,9H,3-6,8H2,1-2H3. The number of hydrogen-bond donors (Lipinski definition) is 0. The minimum absolute atomic E-state index is 0.166. The molecule has 76 valence electrons. The lowest BCUT2D eigenvalue weighted by Gasteiger charge is -2.10. The molecule has 0 aromatic carbocycles. The van der Waals surface area contributed by atoms with Crippen molar-refractivity contribution in [2.75, 3.05) is 6.61 Å². The van der Waals surface area contributed by atoms with Gasteiger partial charge in [0.25, 0.3) is 0 Å². The summed E-state index contributed by atoms with van der Waals surface area (Å²) in [4.78, 5) is 21.0. The first-order valence-corrected chi connectivity index (χ1v) is 4.83. The molecule has 3 nitrogen and oxygen atoms in total. The average molecular weight is 186 g/mol. The smallest absolute Gasteiger partial charge is 0.305 e. The zero-order chi connectivity index (χ0) is 10.1. The van der Waals surface area contributed by atoms with Crippen molar-refractivity contribution >= 4 is 12.3 Å². The largest absolute Gasteiger partial charge is 0.466 e. The highest BCUT2D eigenvalue weighted by Gasteiger charge is 2.06. The first-order valence-electron chi connectivity index (χ1n) is 4.83. The van der Waals surface area contributed by atoms with E-state index in [1.165, 1.54) is 0 Å². The topological polar surface area (TPSA) is 43.4 Å². The second-order valence-electron chi connectivity index (χ2n) is 3.04. The van der Waals surface area contributed by atoms with E-state index in [4.69, 9.17) is 4.74 Å². The van der Waals surface area contributed by atoms with Crippen molar-refractivity contribution in [2.45, 2.75) is 39.5 Å². The predicted molar refractivity (Wildman–Crippen MR) is 50.3 cm³/mol. The molecule has 0 rings (SSSR count). The summed E-state index contributed by atoms with van der Waals surface area (Å²) in [5.74, 6) is 0.197. The van der Waals surface area contributed by atoms with Gasteiger partial charge in [0.15, 0.2) is 0 Å². The van der Waals surface area contributed by atoms with E-state index in [1.807, 2.05) is 6.92 Å². The molecule has 0 radical (unpaired) electrons. The van der Waals surface area contributed by atoms with Crippen LogP contribution in [0.4, 0.5) is 0 Å². The van der Waals surface area contributed by atoms with Crippen molar-refractivity contribution in [1.29, 1.82) is 0 Å². The van der Waals surface area contributed by atoms with Crippen LogP contribution >= 0.6 is 0 Å². The third-order valence-corrected chi connectivity index (χ3v) is 2.08. The summed E-state index contributed by atoms with van der Waals surface area (Å²) >= 11 is 0. The Hall–Kier alpha value is -0.860. The van der Waals surface area contributed by atoms with E-state index >= 15 is 0 Å². The molecule has 0 aromatic rings. The van der Waals surface area contributed by atoms with Crippen LogP contribution in [0.25, 0.3) is 0 Å². The van der Waals surface area contributed by atoms with Crippen LogP contribution in [0.2, 0.25) is 0 Å². The fourth-order valence-corrected chi connectivity index (χ4v) is 1.07. The number of ether oxygens (including phenoxy) is 1. The summed E-state index contributed by atoms with van der Waals surface area (Å²) in [6.07, 6.45) is 3.67. The lowest BCUT2D eigenvalue weighted by Crippen LogP contribution is -2.09. The summed E-state index contributed by atoms with van der Waals surface area (Å²) in [6, 6.07) is 0. The number of hydrogen-bond acceptors (Lipinski definition) is 3. The Kier molecular flexibility index (Phi) is 7.26. The number of carbonyl (C=O) groups is 2. The van der Waals surface area contributed by atoms with Crippen LogP contribution in [0.1, 0.15) is 39.5 Å². The molecular formula is C10H18O3. The maximum absolute atomic E-state index is 10.7. The number of carbonyl (C=O) groups excluding carboxylic acids is 2. The molecule has 0 heterocycles. The molecular weight excluding hydrogens is 168 g/mol. The number of aldehydes is 1. The Bertz CT molecular complexity index is 154. The minimum Gasteiger partial charge on any atom is -0.466 e.